The van der Waals surface area contributed by atoms with Crippen LogP contribution < -0.4 is 5.32 Å². The molecule has 0 radical (unpaired) electrons. The van der Waals surface area contributed by atoms with Crippen molar-refractivity contribution in [1.29, 1.82) is 0 Å². The van der Waals surface area contributed by atoms with Crippen molar-refractivity contribution in [2.24, 2.45) is 5.92 Å². The normalized spacial score (nSPS) is 17.9. The van der Waals surface area contributed by atoms with E-state index in [9.17, 15) is 49.1 Å². The molecule has 1 fully saturated rings. The molecule has 5 rings (SSSR count). The van der Waals surface area contributed by atoms with Gasteiger partial charge in [0.05, 0.1) is 22.8 Å². The molecular weight excluding hydrogens is 732 g/mol. The predicted molar refractivity (Wildman–Crippen MR) is 184 cm³/mol. The van der Waals surface area contributed by atoms with Crippen molar-refractivity contribution >= 4 is 51.2 Å². The van der Waals surface area contributed by atoms with E-state index in [0.717, 1.165) is 4.90 Å². The van der Waals surface area contributed by atoms with E-state index in [2.05, 4.69) is 10.1 Å². The summed E-state index contributed by atoms with van der Waals surface area (Å²) in [7, 11) is -2.35. The van der Waals surface area contributed by atoms with Gasteiger partial charge in [-0.25, -0.2) is 13.8 Å². The van der Waals surface area contributed by atoms with Gasteiger partial charge in [0.25, 0.3) is 17.1 Å². The average molecular weight is 763 g/mol. The molecule has 3 aromatic carbocycles. The van der Waals surface area contributed by atoms with Crippen molar-refractivity contribution in [1.82, 2.24) is 10.2 Å². The molecule has 2 amide bonds. The van der Waals surface area contributed by atoms with Crippen LogP contribution in [0.5, 0.6) is 0 Å². The summed E-state index contributed by atoms with van der Waals surface area (Å²) in [6, 6.07) is 19.1. The molecule has 2 heterocycles. The second kappa shape index (κ2) is 17.2. The third-order valence-electron chi connectivity index (χ3n) is 8.12. The fraction of sp³-hybridized carbons (Fsp3) is 0.265. The number of nitro benzene ring substituents is 2. The third-order valence-corrected chi connectivity index (χ3v) is 9.71. The maximum Gasteiger partial charge on any atom is 0.508 e. The number of carbonyl (C=O) groups excluding carboxylic acids is 4. The van der Waals surface area contributed by atoms with Crippen molar-refractivity contribution in [3.8, 4) is 0 Å². The molecule has 1 saturated heterocycles. The Balaban J connectivity index is 1.28. The summed E-state index contributed by atoms with van der Waals surface area (Å²) >= 11 is 0. The molecule has 20 heteroatoms. The largest absolute Gasteiger partial charge is 0.508 e. The zero-order valence-electron chi connectivity index (χ0n) is 28.2. The highest BCUT2D eigenvalue weighted by Crippen LogP contribution is 2.42. The number of fused-ring (bicyclic) bond motifs is 1. The van der Waals surface area contributed by atoms with Crippen molar-refractivity contribution in [3.05, 3.63) is 133 Å². The van der Waals surface area contributed by atoms with E-state index in [1.165, 1.54) is 55.5 Å². The van der Waals surface area contributed by atoms with Gasteiger partial charge in [-0.3, -0.25) is 34.7 Å². The van der Waals surface area contributed by atoms with Gasteiger partial charge < -0.3 is 29.8 Å². The number of benzene rings is 3. The predicted octanol–water partition coefficient (Wildman–Crippen LogP) is 3.05. The first-order valence-electron chi connectivity index (χ1n) is 16.0. The molecule has 0 aromatic heterocycles. The molecule has 1 N–H and O–H groups in total. The lowest BCUT2D eigenvalue weighted by molar-refractivity contribution is -0.385. The fourth-order valence-corrected chi connectivity index (χ4v) is 7.09. The van der Waals surface area contributed by atoms with Crippen molar-refractivity contribution < 1.29 is 57.0 Å². The van der Waals surface area contributed by atoms with Crippen LogP contribution in [-0.4, -0.2) is 77.4 Å². The minimum Gasteiger partial charge on any atom is -0.482 e. The van der Waals surface area contributed by atoms with Gasteiger partial charge in [0.2, 0.25) is 11.8 Å². The van der Waals surface area contributed by atoms with Gasteiger partial charge in [-0.1, -0.05) is 42.5 Å². The van der Waals surface area contributed by atoms with E-state index >= 15 is 0 Å². The van der Waals surface area contributed by atoms with Crippen LogP contribution in [0.15, 0.2) is 90.3 Å². The molecule has 1 unspecified atom stereocenters. The number of nitro groups is 2. The van der Waals surface area contributed by atoms with Crippen LogP contribution in [0.3, 0.4) is 0 Å². The highest BCUT2D eigenvalue weighted by Gasteiger charge is 2.64. The maximum absolute atomic E-state index is 13.7. The molecule has 54 heavy (non-hydrogen) atoms. The number of nitrogens with zero attached hydrogens (tertiary/aromatic N) is 5. The molecule has 3 aromatic rings. The van der Waals surface area contributed by atoms with Gasteiger partial charge in [-0.05, 0) is 35.7 Å². The van der Waals surface area contributed by atoms with Crippen LogP contribution >= 0.6 is 0 Å². The first-order chi connectivity index (χ1) is 25.9. The molecule has 2 aliphatic heterocycles. The van der Waals surface area contributed by atoms with Crippen LogP contribution in [0.2, 0.25) is 0 Å². The van der Waals surface area contributed by atoms with Crippen LogP contribution in [0.4, 0.5) is 16.2 Å². The third kappa shape index (κ3) is 8.80. The number of carbonyl (C=O) groups is 4. The van der Waals surface area contributed by atoms with Crippen LogP contribution in [-0.2, 0) is 63.8 Å². The Morgan fingerprint density at radius 1 is 0.907 bits per heavy atom. The van der Waals surface area contributed by atoms with Crippen LogP contribution in [0.25, 0.3) is 5.53 Å². The van der Waals surface area contributed by atoms with Gasteiger partial charge in [0.1, 0.15) is 37.2 Å². The highest BCUT2D eigenvalue weighted by molar-refractivity contribution is 8.01. The molecule has 2 aliphatic rings. The van der Waals surface area contributed by atoms with Crippen molar-refractivity contribution in [2.45, 2.75) is 38.0 Å². The lowest BCUT2D eigenvalue weighted by Crippen LogP contribution is -2.69. The summed E-state index contributed by atoms with van der Waals surface area (Å²) in [4.78, 5) is 76.8. The van der Waals surface area contributed by atoms with E-state index in [1.54, 1.807) is 30.3 Å². The SMILES string of the molecule is CC(OC(=O)OCc1ccc([N+](=O)[O-])cc1)[C@H]1C(=O)N2C(C(=O)OCc3ccccc3)=C(OCCNC(=O)Cc3ccc([N+](=O)[O-])cc3)C(=[N+]=[N-])[S@](=O)[C@@H]12. The average Bonchev–Trinajstić information content (AvgIpc) is 3.15. The zero-order valence-corrected chi connectivity index (χ0v) is 29.0. The molecule has 0 spiro atoms. The van der Waals surface area contributed by atoms with Gasteiger partial charge in [-0.2, -0.15) is 4.79 Å². The van der Waals surface area contributed by atoms with Crippen molar-refractivity contribution in [3.63, 3.8) is 0 Å². The number of β-lactam (4-membered cyclic amide) rings is 1. The monoisotopic (exact) mass is 762 g/mol. The number of hydrogen-bond donors (Lipinski definition) is 1. The summed E-state index contributed by atoms with van der Waals surface area (Å²) in [6.45, 7) is 0.259. The Morgan fingerprint density at radius 3 is 2.07 bits per heavy atom. The second-order valence-corrected chi connectivity index (χ2v) is 13.1. The maximum atomic E-state index is 13.7. The van der Waals surface area contributed by atoms with Gasteiger partial charge >= 0.3 is 17.2 Å². The Morgan fingerprint density at radius 2 is 1.48 bits per heavy atom. The lowest BCUT2D eigenvalue weighted by Gasteiger charge is -2.48. The first-order valence-corrected chi connectivity index (χ1v) is 17.2. The number of rotatable bonds is 15. The fourth-order valence-electron chi connectivity index (χ4n) is 5.44. The Hall–Kier alpha value is -6.79. The number of non-ortho nitro benzene ring substituents is 2. The van der Waals surface area contributed by atoms with Crippen LogP contribution in [0.1, 0.15) is 23.6 Å². The Bertz CT molecular complexity index is 2070. The summed E-state index contributed by atoms with van der Waals surface area (Å²) in [5.74, 6) is -4.22. The summed E-state index contributed by atoms with van der Waals surface area (Å²) in [5.41, 5.74) is 10.6. The standard InChI is InChI=1S/C34H30N6O13S/c1-20(53-34(44)52-19-23-9-13-25(14-10-23)40(47)48)27-31(42)38-28(33(43)51-18-22-5-3-2-4-6-22)29(30(37-35)54(49)32(27)38)50-16-15-36-26(41)17-21-7-11-24(12-8-21)39(45)46/h2-14,20,27,32H,15-19H2,1H3,(H,36,41)/t20?,27-,32-,54-/m0/s1. The van der Waals surface area contributed by atoms with Gasteiger partial charge in [0, 0.05) is 24.3 Å². The summed E-state index contributed by atoms with van der Waals surface area (Å²) in [6.07, 6.45) is -2.59. The Labute approximate surface area is 307 Å². The van der Waals surface area contributed by atoms with E-state index in [4.69, 9.17) is 18.9 Å². The molecule has 4 atom stereocenters. The Kier molecular flexibility index (Phi) is 12.2. The van der Waals surface area contributed by atoms with E-state index in [0.29, 0.717) is 16.7 Å². The number of hydrogen-bond acceptors (Lipinski definition) is 13. The topological polar surface area (TPSA) is 260 Å². The van der Waals surface area contributed by atoms with E-state index in [-0.39, 0.29) is 44.2 Å². The molecule has 19 nitrogen and oxygen atoms in total. The van der Waals surface area contributed by atoms with E-state index < -0.39 is 78.5 Å². The first kappa shape index (κ1) is 38.4. The number of amides is 2. The van der Waals surface area contributed by atoms with Crippen LogP contribution in [0, 0.1) is 26.1 Å². The molecule has 0 bridgehead atoms. The van der Waals surface area contributed by atoms with E-state index in [1.807, 2.05) is 0 Å². The van der Waals surface area contributed by atoms with Gasteiger partial charge in [-0.15, -0.1) is 0 Å². The molecular formula is C34H30N6O13S. The molecule has 0 saturated carbocycles. The lowest BCUT2D eigenvalue weighted by atomic mass is 9.91. The summed E-state index contributed by atoms with van der Waals surface area (Å²) < 4.78 is 35.3. The zero-order chi connectivity index (χ0) is 38.9. The number of nitrogens with one attached hydrogen (secondary N) is 1. The van der Waals surface area contributed by atoms with Crippen molar-refractivity contribution in [2.75, 3.05) is 13.2 Å². The quantitative estimate of drug-likeness (QED) is 0.0445. The summed E-state index contributed by atoms with van der Waals surface area (Å²) in [5, 5.41) is 22.3. The highest BCUT2D eigenvalue weighted by atomic mass is 32.2. The second-order valence-electron chi connectivity index (χ2n) is 11.7. The molecule has 0 aliphatic carbocycles. The smallest absolute Gasteiger partial charge is 0.482 e. The molecule has 280 valence electrons. The number of ether oxygens (including phenoxy) is 4. The number of esters is 1. The minimum atomic E-state index is -2.35. The minimum absolute atomic E-state index is 0.124. The van der Waals surface area contributed by atoms with Gasteiger partial charge in [0.15, 0.2) is 16.5 Å².